The van der Waals surface area contributed by atoms with Gasteiger partial charge in [0.05, 0.1) is 0 Å². The van der Waals surface area contributed by atoms with E-state index in [2.05, 4.69) is 0 Å². The van der Waals surface area contributed by atoms with Crippen LogP contribution in [0.2, 0.25) is 0 Å². The summed E-state index contributed by atoms with van der Waals surface area (Å²) in [6, 6.07) is 6.46. The topological polar surface area (TPSA) is 40.5 Å². The van der Waals surface area contributed by atoms with Crippen molar-refractivity contribution in [3.63, 3.8) is 0 Å². The number of rotatable bonds is 4. The summed E-state index contributed by atoms with van der Waals surface area (Å²) in [6.45, 7) is 3.62. The maximum absolute atomic E-state index is 12.1. The maximum Gasteiger partial charge on any atom is 0.253 e. The van der Waals surface area contributed by atoms with Gasteiger partial charge >= 0.3 is 0 Å². The molecule has 3 heteroatoms. The first kappa shape index (κ1) is 11.0. The molecule has 1 saturated carbocycles. The van der Waals surface area contributed by atoms with Crippen LogP contribution in [-0.4, -0.2) is 29.0 Å². The van der Waals surface area contributed by atoms with Crippen LogP contribution in [0.15, 0.2) is 24.3 Å². The van der Waals surface area contributed by atoms with E-state index in [1.165, 1.54) is 12.8 Å². The second kappa shape index (κ2) is 4.56. The predicted octanol–water partition coefficient (Wildman–Crippen LogP) is 2.26. The van der Waals surface area contributed by atoms with Crippen molar-refractivity contribution < 1.29 is 9.90 Å². The molecule has 0 aromatic heterocycles. The lowest BCUT2D eigenvalue weighted by molar-refractivity contribution is 0.0757. The Morgan fingerprint density at radius 2 is 2.00 bits per heavy atom. The van der Waals surface area contributed by atoms with Crippen LogP contribution in [0.5, 0.6) is 5.75 Å². The van der Waals surface area contributed by atoms with Crippen LogP contribution < -0.4 is 0 Å². The van der Waals surface area contributed by atoms with Gasteiger partial charge in [0, 0.05) is 18.7 Å². The Kier molecular flexibility index (Phi) is 3.13. The van der Waals surface area contributed by atoms with Gasteiger partial charge in [-0.2, -0.15) is 0 Å². The summed E-state index contributed by atoms with van der Waals surface area (Å²) in [5.41, 5.74) is 0.653. The molecule has 1 amide bonds. The number of nitrogens with zero attached hydrogens (tertiary/aromatic N) is 1. The summed E-state index contributed by atoms with van der Waals surface area (Å²) in [6.07, 6.45) is 2.50. The molecule has 2 rings (SSSR count). The number of benzene rings is 1. The summed E-state index contributed by atoms with van der Waals surface area (Å²) in [7, 11) is 0. The molecule has 0 bridgehead atoms. The number of phenolic OH excluding ortho intramolecular Hbond substituents is 1. The fourth-order valence-electron chi connectivity index (χ4n) is 1.75. The number of carbonyl (C=O) groups is 1. The van der Waals surface area contributed by atoms with Gasteiger partial charge in [0.25, 0.3) is 5.91 Å². The van der Waals surface area contributed by atoms with Gasteiger partial charge in [-0.25, -0.2) is 0 Å². The highest BCUT2D eigenvalue weighted by Gasteiger charge is 2.26. The van der Waals surface area contributed by atoms with Gasteiger partial charge in [-0.05, 0) is 49.9 Å². The molecule has 0 unspecified atom stereocenters. The van der Waals surface area contributed by atoms with Crippen molar-refractivity contribution in [1.29, 1.82) is 0 Å². The third-order valence-electron chi connectivity index (χ3n) is 2.96. The lowest BCUT2D eigenvalue weighted by Gasteiger charge is -2.20. The normalized spacial score (nSPS) is 14.8. The highest BCUT2D eigenvalue weighted by atomic mass is 16.3. The van der Waals surface area contributed by atoms with Crippen molar-refractivity contribution >= 4 is 5.91 Å². The Balaban J connectivity index is 2.06. The van der Waals surface area contributed by atoms with Gasteiger partial charge in [-0.15, -0.1) is 0 Å². The molecule has 1 aromatic carbocycles. The molecule has 0 atom stereocenters. The Morgan fingerprint density at radius 3 is 2.50 bits per heavy atom. The van der Waals surface area contributed by atoms with Crippen molar-refractivity contribution in [2.75, 3.05) is 13.1 Å². The zero-order valence-electron chi connectivity index (χ0n) is 9.52. The van der Waals surface area contributed by atoms with Crippen molar-refractivity contribution in [2.45, 2.75) is 19.8 Å². The molecular weight excluding hydrogens is 202 g/mol. The van der Waals surface area contributed by atoms with Crippen LogP contribution in [0, 0.1) is 5.92 Å². The highest BCUT2D eigenvalue weighted by Crippen LogP contribution is 2.30. The smallest absolute Gasteiger partial charge is 0.253 e. The van der Waals surface area contributed by atoms with Crippen molar-refractivity contribution in [3.05, 3.63) is 29.8 Å². The van der Waals surface area contributed by atoms with E-state index in [0.29, 0.717) is 11.5 Å². The van der Waals surface area contributed by atoms with Crippen LogP contribution in [0.25, 0.3) is 0 Å². The van der Waals surface area contributed by atoms with Gasteiger partial charge in [-0.3, -0.25) is 4.79 Å². The summed E-state index contributed by atoms with van der Waals surface area (Å²) >= 11 is 0. The van der Waals surface area contributed by atoms with Crippen molar-refractivity contribution in [1.82, 2.24) is 4.90 Å². The lowest BCUT2D eigenvalue weighted by atomic mass is 10.2. The molecule has 1 N–H and O–H groups in total. The standard InChI is InChI=1S/C13H17NO2/c1-2-14(9-10-3-4-10)13(16)11-5-7-12(15)8-6-11/h5-8,10,15H,2-4,9H2,1H3. The van der Waals surface area contributed by atoms with Crippen LogP contribution in [0.3, 0.4) is 0 Å². The van der Waals surface area contributed by atoms with E-state index in [0.717, 1.165) is 13.1 Å². The highest BCUT2D eigenvalue weighted by molar-refractivity contribution is 5.94. The molecule has 0 aliphatic heterocycles. The average Bonchev–Trinajstić information content (AvgIpc) is 3.10. The Bertz CT molecular complexity index is 368. The summed E-state index contributed by atoms with van der Waals surface area (Å²) in [5, 5.41) is 9.16. The minimum atomic E-state index is 0.0643. The summed E-state index contributed by atoms with van der Waals surface area (Å²) < 4.78 is 0. The number of hydrogen-bond donors (Lipinski definition) is 1. The molecule has 16 heavy (non-hydrogen) atoms. The number of aromatic hydroxyl groups is 1. The molecular formula is C13H17NO2. The molecule has 0 saturated heterocycles. The molecule has 1 fully saturated rings. The Morgan fingerprint density at radius 1 is 1.38 bits per heavy atom. The summed E-state index contributed by atoms with van der Waals surface area (Å²) in [5.74, 6) is 0.970. The molecule has 0 spiro atoms. The van der Waals surface area contributed by atoms with Crippen molar-refractivity contribution in [2.24, 2.45) is 5.92 Å². The second-order valence-corrected chi connectivity index (χ2v) is 4.33. The molecule has 1 aromatic rings. The quantitative estimate of drug-likeness (QED) is 0.843. The van der Waals surface area contributed by atoms with E-state index in [9.17, 15) is 4.79 Å². The van der Waals surface area contributed by atoms with E-state index in [1.54, 1.807) is 24.3 Å². The molecule has 0 heterocycles. The van der Waals surface area contributed by atoms with E-state index >= 15 is 0 Å². The minimum Gasteiger partial charge on any atom is -0.508 e. The van der Waals surface area contributed by atoms with Gasteiger partial charge in [0.1, 0.15) is 5.75 Å². The largest absolute Gasteiger partial charge is 0.508 e. The fraction of sp³-hybridized carbons (Fsp3) is 0.462. The minimum absolute atomic E-state index is 0.0643. The van der Waals surface area contributed by atoms with Crippen molar-refractivity contribution in [3.8, 4) is 5.75 Å². The monoisotopic (exact) mass is 219 g/mol. The number of hydrogen-bond acceptors (Lipinski definition) is 2. The second-order valence-electron chi connectivity index (χ2n) is 4.33. The first-order valence-electron chi connectivity index (χ1n) is 5.79. The van der Waals surface area contributed by atoms with Gasteiger partial charge in [0.15, 0.2) is 0 Å². The first-order valence-corrected chi connectivity index (χ1v) is 5.79. The number of amides is 1. The zero-order chi connectivity index (χ0) is 11.5. The average molecular weight is 219 g/mol. The Hall–Kier alpha value is -1.51. The number of phenols is 1. The number of carbonyl (C=O) groups excluding carboxylic acids is 1. The van der Waals surface area contributed by atoms with E-state index < -0.39 is 0 Å². The summed E-state index contributed by atoms with van der Waals surface area (Å²) in [4.78, 5) is 14.0. The van der Waals surface area contributed by atoms with Crippen LogP contribution in [0.1, 0.15) is 30.1 Å². The zero-order valence-corrected chi connectivity index (χ0v) is 9.52. The first-order chi connectivity index (χ1) is 7.70. The SMILES string of the molecule is CCN(CC1CC1)C(=O)c1ccc(O)cc1. The van der Waals surface area contributed by atoms with Gasteiger partial charge in [-0.1, -0.05) is 0 Å². The van der Waals surface area contributed by atoms with Crippen LogP contribution >= 0.6 is 0 Å². The fourth-order valence-corrected chi connectivity index (χ4v) is 1.75. The van der Waals surface area contributed by atoms with E-state index in [4.69, 9.17) is 5.11 Å². The van der Waals surface area contributed by atoms with Crippen LogP contribution in [-0.2, 0) is 0 Å². The lowest BCUT2D eigenvalue weighted by Crippen LogP contribution is -2.32. The molecule has 0 radical (unpaired) electrons. The molecule has 86 valence electrons. The van der Waals surface area contributed by atoms with Crippen LogP contribution in [0.4, 0.5) is 0 Å². The Labute approximate surface area is 95.7 Å². The third-order valence-corrected chi connectivity index (χ3v) is 2.96. The van der Waals surface area contributed by atoms with E-state index in [-0.39, 0.29) is 11.7 Å². The maximum atomic E-state index is 12.1. The van der Waals surface area contributed by atoms with Gasteiger partial charge in [0.2, 0.25) is 0 Å². The molecule has 1 aliphatic rings. The van der Waals surface area contributed by atoms with E-state index in [1.807, 2.05) is 11.8 Å². The molecule has 1 aliphatic carbocycles. The predicted molar refractivity (Wildman–Crippen MR) is 62.4 cm³/mol. The van der Waals surface area contributed by atoms with Gasteiger partial charge < -0.3 is 10.0 Å². The molecule has 3 nitrogen and oxygen atoms in total. The third kappa shape index (κ3) is 2.54.